The maximum absolute atomic E-state index is 13.2. The van der Waals surface area contributed by atoms with Crippen molar-refractivity contribution in [3.8, 4) is 11.6 Å². The average Bonchev–Trinajstić information content (AvgIpc) is 3.31. The first kappa shape index (κ1) is 23.4. The predicted octanol–water partition coefficient (Wildman–Crippen LogP) is 2.90. The number of carbonyl (C=O) groups excluding carboxylic acids is 2. The molecule has 5 rings (SSSR count). The van der Waals surface area contributed by atoms with Gasteiger partial charge >= 0.3 is 0 Å². The van der Waals surface area contributed by atoms with Crippen LogP contribution < -0.4 is 19.3 Å². The maximum atomic E-state index is 13.2. The Kier molecular flexibility index (Phi) is 7.01. The first-order valence-electron chi connectivity index (χ1n) is 12.6. The van der Waals surface area contributed by atoms with Crippen LogP contribution in [0.4, 0.5) is 11.5 Å². The highest BCUT2D eigenvalue weighted by Crippen LogP contribution is 2.28. The van der Waals surface area contributed by atoms with E-state index in [0.29, 0.717) is 38.6 Å². The van der Waals surface area contributed by atoms with Gasteiger partial charge in [-0.1, -0.05) is 6.42 Å². The molecule has 2 aliphatic heterocycles. The van der Waals surface area contributed by atoms with Gasteiger partial charge < -0.3 is 24.2 Å². The molecule has 0 N–H and O–H groups in total. The van der Waals surface area contributed by atoms with Crippen molar-refractivity contribution < 1.29 is 19.1 Å². The van der Waals surface area contributed by atoms with Crippen molar-refractivity contribution in [3.05, 3.63) is 36.4 Å². The second-order valence-electron chi connectivity index (χ2n) is 9.52. The highest BCUT2D eigenvalue weighted by atomic mass is 16.5. The van der Waals surface area contributed by atoms with Crippen LogP contribution in [0.1, 0.15) is 38.5 Å². The molecule has 3 fully saturated rings. The number of anilines is 2. The Balaban J connectivity index is 1.12. The average molecular weight is 480 g/mol. The highest BCUT2D eigenvalue weighted by molar-refractivity contribution is 6.00. The van der Waals surface area contributed by atoms with Crippen molar-refractivity contribution in [2.45, 2.75) is 44.6 Å². The molecule has 1 saturated carbocycles. The third-order valence-corrected chi connectivity index (χ3v) is 7.24. The van der Waals surface area contributed by atoms with Crippen LogP contribution in [0.25, 0.3) is 0 Å². The molecule has 2 aromatic rings. The minimum Gasteiger partial charge on any atom is -0.497 e. The van der Waals surface area contributed by atoms with Gasteiger partial charge in [-0.2, -0.15) is 0 Å². The van der Waals surface area contributed by atoms with E-state index in [1.807, 2.05) is 41.3 Å². The van der Waals surface area contributed by atoms with Gasteiger partial charge in [0.25, 0.3) is 0 Å². The van der Waals surface area contributed by atoms with E-state index >= 15 is 0 Å². The molecule has 9 heteroatoms. The number of ether oxygens (including phenoxy) is 2. The normalized spacial score (nSPS) is 21.3. The molecular weight excluding hydrogens is 446 g/mol. The van der Waals surface area contributed by atoms with Gasteiger partial charge in [-0.05, 0) is 56.0 Å². The standard InChI is InChI=1S/C26H33N5O4/c1-34-21-9-7-20(8-10-21)31-18-19(17-25(31)32)26(33)30-15-13-29(14-16-30)23-11-12-24(28-27-23)35-22-5-3-2-4-6-22/h7-12,19,22H,2-6,13-18H2,1H3. The number of aromatic nitrogens is 2. The maximum Gasteiger partial charge on any atom is 0.233 e. The minimum absolute atomic E-state index is 0.0158. The number of hydrogen-bond acceptors (Lipinski definition) is 7. The van der Waals surface area contributed by atoms with Crippen LogP contribution in [0.5, 0.6) is 11.6 Å². The fourth-order valence-electron chi connectivity index (χ4n) is 5.20. The molecule has 0 bridgehead atoms. The Bertz CT molecular complexity index is 1020. The van der Waals surface area contributed by atoms with E-state index in [2.05, 4.69) is 15.1 Å². The Morgan fingerprint density at radius 3 is 2.34 bits per heavy atom. The first-order chi connectivity index (χ1) is 17.1. The molecule has 1 aliphatic carbocycles. The topological polar surface area (TPSA) is 88.1 Å². The second-order valence-corrected chi connectivity index (χ2v) is 9.52. The van der Waals surface area contributed by atoms with Crippen molar-refractivity contribution in [1.82, 2.24) is 15.1 Å². The Hall–Kier alpha value is -3.36. The Morgan fingerprint density at radius 1 is 0.943 bits per heavy atom. The van der Waals surface area contributed by atoms with Gasteiger partial charge in [0.2, 0.25) is 17.7 Å². The third-order valence-electron chi connectivity index (χ3n) is 7.24. The van der Waals surface area contributed by atoms with E-state index in [-0.39, 0.29) is 30.3 Å². The molecule has 1 unspecified atom stereocenters. The molecule has 1 atom stereocenters. The molecule has 9 nitrogen and oxygen atoms in total. The van der Waals surface area contributed by atoms with Crippen LogP contribution in [0.2, 0.25) is 0 Å². The van der Waals surface area contributed by atoms with E-state index in [1.54, 1.807) is 12.0 Å². The van der Waals surface area contributed by atoms with Crippen LogP contribution in [0, 0.1) is 5.92 Å². The molecule has 3 heterocycles. The molecule has 3 aliphatic rings. The number of amides is 2. The monoisotopic (exact) mass is 479 g/mol. The number of benzene rings is 1. The molecule has 0 spiro atoms. The van der Waals surface area contributed by atoms with Gasteiger partial charge in [-0.25, -0.2) is 0 Å². The zero-order valence-corrected chi connectivity index (χ0v) is 20.3. The van der Waals surface area contributed by atoms with Gasteiger partial charge in [0, 0.05) is 50.9 Å². The molecule has 1 aromatic heterocycles. The number of rotatable bonds is 6. The van der Waals surface area contributed by atoms with Crippen molar-refractivity contribution >= 4 is 23.3 Å². The van der Waals surface area contributed by atoms with Crippen molar-refractivity contribution in [3.63, 3.8) is 0 Å². The quantitative estimate of drug-likeness (QED) is 0.630. The van der Waals surface area contributed by atoms with Gasteiger partial charge in [0.05, 0.1) is 13.0 Å². The molecule has 2 amide bonds. The zero-order valence-electron chi connectivity index (χ0n) is 20.3. The summed E-state index contributed by atoms with van der Waals surface area (Å²) in [6, 6.07) is 11.2. The smallest absolute Gasteiger partial charge is 0.233 e. The fourth-order valence-corrected chi connectivity index (χ4v) is 5.20. The van der Waals surface area contributed by atoms with E-state index in [1.165, 1.54) is 19.3 Å². The van der Waals surface area contributed by atoms with Crippen molar-refractivity contribution in [1.29, 1.82) is 0 Å². The van der Waals surface area contributed by atoms with Crippen LogP contribution in [-0.4, -0.2) is 72.8 Å². The van der Waals surface area contributed by atoms with Crippen LogP contribution in [0.15, 0.2) is 36.4 Å². The molecular formula is C26H33N5O4. The highest BCUT2D eigenvalue weighted by Gasteiger charge is 2.38. The van der Waals surface area contributed by atoms with Gasteiger partial charge in [0.15, 0.2) is 5.82 Å². The molecule has 186 valence electrons. The summed E-state index contributed by atoms with van der Waals surface area (Å²) >= 11 is 0. The zero-order chi connectivity index (χ0) is 24.2. The number of methoxy groups -OCH3 is 1. The first-order valence-corrected chi connectivity index (χ1v) is 12.6. The summed E-state index contributed by atoms with van der Waals surface area (Å²) in [6.45, 7) is 3.00. The largest absolute Gasteiger partial charge is 0.497 e. The number of nitrogens with zero attached hydrogens (tertiary/aromatic N) is 5. The predicted molar refractivity (Wildman–Crippen MR) is 132 cm³/mol. The molecule has 2 saturated heterocycles. The SMILES string of the molecule is COc1ccc(N2CC(C(=O)N3CCN(c4ccc(OC5CCCCC5)nn4)CC3)CC2=O)cc1. The van der Waals surface area contributed by atoms with Crippen LogP contribution in [0.3, 0.4) is 0 Å². The van der Waals surface area contributed by atoms with Crippen LogP contribution in [-0.2, 0) is 9.59 Å². The van der Waals surface area contributed by atoms with Gasteiger partial charge in [-0.3, -0.25) is 9.59 Å². The van der Waals surface area contributed by atoms with Crippen LogP contribution >= 0.6 is 0 Å². The van der Waals surface area contributed by atoms with E-state index in [0.717, 1.165) is 30.1 Å². The lowest BCUT2D eigenvalue weighted by atomic mass is 9.98. The summed E-state index contributed by atoms with van der Waals surface area (Å²) < 4.78 is 11.2. The molecule has 35 heavy (non-hydrogen) atoms. The van der Waals surface area contributed by atoms with Crippen molar-refractivity contribution in [2.24, 2.45) is 5.92 Å². The summed E-state index contributed by atoms with van der Waals surface area (Å²) in [7, 11) is 1.61. The van der Waals surface area contributed by atoms with E-state index < -0.39 is 0 Å². The third kappa shape index (κ3) is 5.33. The van der Waals surface area contributed by atoms with E-state index in [4.69, 9.17) is 9.47 Å². The fraction of sp³-hybridized carbons (Fsp3) is 0.538. The molecule has 0 radical (unpaired) electrons. The minimum atomic E-state index is -0.313. The summed E-state index contributed by atoms with van der Waals surface area (Å²) in [5.41, 5.74) is 0.797. The van der Waals surface area contributed by atoms with E-state index in [9.17, 15) is 9.59 Å². The van der Waals surface area contributed by atoms with Gasteiger partial charge in [0.1, 0.15) is 11.9 Å². The lowest BCUT2D eigenvalue weighted by molar-refractivity contribution is -0.136. The number of carbonyl (C=O) groups is 2. The Morgan fingerprint density at radius 2 is 1.69 bits per heavy atom. The summed E-state index contributed by atoms with van der Waals surface area (Å²) in [5, 5.41) is 8.64. The number of hydrogen-bond donors (Lipinski definition) is 0. The molecule has 1 aromatic carbocycles. The lowest BCUT2D eigenvalue weighted by Crippen LogP contribution is -2.51. The second kappa shape index (κ2) is 10.5. The van der Waals surface area contributed by atoms with Crippen molar-refractivity contribution in [2.75, 3.05) is 49.6 Å². The number of piperazine rings is 1. The lowest BCUT2D eigenvalue weighted by Gasteiger charge is -2.36. The van der Waals surface area contributed by atoms with Gasteiger partial charge in [-0.15, -0.1) is 10.2 Å². The summed E-state index contributed by atoms with van der Waals surface area (Å²) in [6.07, 6.45) is 6.40. The summed E-state index contributed by atoms with van der Waals surface area (Å²) in [5.74, 6) is 1.85. The Labute approximate surface area is 206 Å². The summed E-state index contributed by atoms with van der Waals surface area (Å²) in [4.78, 5) is 31.5.